The predicted molar refractivity (Wildman–Crippen MR) is 103 cm³/mol. The highest BCUT2D eigenvalue weighted by molar-refractivity contribution is 5.92. The normalized spacial score (nSPS) is 10.6. The lowest BCUT2D eigenvalue weighted by atomic mass is 10.2. The number of esters is 1. The molecule has 1 aromatic carbocycles. The fourth-order valence-corrected chi connectivity index (χ4v) is 2.30. The Bertz CT molecular complexity index is 760. The van der Waals surface area contributed by atoms with Crippen molar-refractivity contribution in [1.82, 2.24) is 10.3 Å². The SMILES string of the molecule is CCOC(=O)CCCOc1ccccc1/C=C/C(=O)NCc1cccnc1. The molecule has 0 spiro atoms. The molecule has 0 unspecified atom stereocenters. The Morgan fingerprint density at radius 3 is 2.81 bits per heavy atom. The quantitative estimate of drug-likeness (QED) is 0.396. The summed E-state index contributed by atoms with van der Waals surface area (Å²) in [6.07, 6.45) is 7.47. The highest BCUT2D eigenvalue weighted by atomic mass is 16.5. The third kappa shape index (κ3) is 7.73. The van der Waals surface area contributed by atoms with Crippen LogP contribution in [0.3, 0.4) is 0 Å². The van der Waals surface area contributed by atoms with E-state index in [-0.39, 0.29) is 11.9 Å². The number of carbonyl (C=O) groups excluding carboxylic acids is 2. The van der Waals surface area contributed by atoms with E-state index in [0.29, 0.717) is 38.3 Å². The Balaban J connectivity index is 1.82. The second kappa shape index (κ2) is 11.5. The van der Waals surface area contributed by atoms with E-state index < -0.39 is 0 Å². The summed E-state index contributed by atoms with van der Waals surface area (Å²) in [6, 6.07) is 11.2. The van der Waals surface area contributed by atoms with E-state index in [1.54, 1.807) is 25.4 Å². The van der Waals surface area contributed by atoms with Crippen LogP contribution in [0.2, 0.25) is 0 Å². The first-order valence-corrected chi connectivity index (χ1v) is 8.91. The largest absolute Gasteiger partial charge is 0.493 e. The van der Waals surface area contributed by atoms with Gasteiger partial charge in [0.15, 0.2) is 0 Å². The van der Waals surface area contributed by atoms with E-state index in [0.717, 1.165) is 11.1 Å². The van der Waals surface area contributed by atoms with E-state index in [1.165, 1.54) is 6.08 Å². The molecule has 0 atom stereocenters. The fourth-order valence-electron chi connectivity index (χ4n) is 2.30. The average molecular weight is 368 g/mol. The van der Waals surface area contributed by atoms with Crippen molar-refractivity contribution >= 4 is 18.0 Å². The monoisotopic (exact) mass is 368 g/mol. The number of ether oxygens (including phenoxy) is 2. The molecule has 1 N–H and O–H groups in total. The molecule has 1 aromatic heterocycles. The summed E-state index contributed by atoms with van der Waals surface area (Å²) in [5, 5.41) is 2.81. The molecule has 0 fully saturated rings. The zero-order valence-corrected chi connectivity index (χ0v) is 15.4. The third-order valence-corrected chi connectivity index (χ3v) is 3.61. The van der Waals surface area contributed by atoms with Crippen molar-refractivity contribution in [2.75, 3.05) is 13.2 Å². The Morgan fingerprint density at radius 1 is 1.19 bits per heavy atom. The van der Waals surface area contributed by atoms with Crippen LogP contribution in [-0.4, -0.2) is 30.1 Å². The summed E-state index contributed by atoms with van der Waals surface area (Å²) in [5.41, 5.74) is 1.73. The zero-order chi connectivity index (χ0) is 19.3. The first kappa shape index (κ1) is 20.2. The molecule has 0 bridgehead atoms. The van der Waals surface area contributed by atoms with Crippen LogP contribution in [0.4, 0.5) is 0 Å². The number of para-hydroxylation sites is 1. The molecule has 0 aliphatic rings. The minimum atomic E-state index is -0.223. The Morgan fingerprint density at radius 2 is 2.04 bits per heavy atom. The van der Waals surface area contributed by atoms with Gasteiger partial charge >= 0.3 is 5.97 Å². The Hall–Kier alpha value is -3.15. The van der Waals surface area contributed by atoms with E-state index in [9.17, 15) is 9.59 Å². The summed E-state index contributed by atoms with van der Waals surface area (Å²) in [5.74, 6) is 0.244. The molecule has 2 aromatic rings. The van der Waals surface area contributed by atoms with Crippen LogP contribution >= 0.6 is 0 Å². The molecule has 0 aliphatic heterocycles. The smallest absolute Gasteiger partial charge is 0.305 e. The van der Waals surface area contributed by atoms with Gasteiger partial charge in [0.05, 0.1) is 13.2 Å². The highest BCUT2D eigenvalue weighted by Crippen LogP contribution is 2.19. The van der Waals surface area contributed by atoms with Crippen LogP contribution in [0.15, 0.2) is 54.9 Å². The molecular weight excluding hydrogens is 344 g/mol. The third-order valence-electron chi connectivity index (χ3n) is 3.61. The lowest BCUT2D eigenvalue weighted by Gasteiger charge is -2.09. The molecule has 6 nitrogen and oxygen atoms in total. The van der Waals surface area contributed by atoms with Crippen LogP contribution < -0.4 is 10.1 Å². The minimum Gasteiger partial charge on any atom is -0.493 e. The molecule has 142 valence electrons. The molecule has 1 amide bonds. The molecule has 1 heterocycles. The summed E-state index contributed by atoms with van der Waals surface area (Å²) in [7, 11) is 0. The molecule has 0 saturated heterocycles. The maximum absolute atomic E-state index is 12.0. The maximum Gasteiger partial charge on any atom is 0.305 e. The number of pyridine rings is 1. The van der Waals surface area contributed by atoms with Crippen LogP contribution in [0.25, 0.3) is 6.08 Å². The van der Waals surface area contributed by atoms with Crippen molar-refractivity contribution in [3.8, 4) is 5.75 Å². The fraction of sp³-hybridized carbons (Fsp3) is 0.286. The number of hydrogen-bond donors (Lipinski definition) is 1. The highest BCUT2D eigenvalue weighted by Gasteiger charge is 2.04. The molecule has 6 heteroatoms. The number of nitrogens with one attached hydrogen (secondary N) is 1. The molecule has 0 radical (unpaired) electrons. The molecule has 2 rings (SSSR count). The van der Waals surface area contributed by atoms with Gasteiger partial charge in [0.25, 0.3) is 0 Å². The van der Waals surface area contributed by atoms with Gasteiger partial charge in [-0.1, -0.05) is 24.3 Å². The summed E-state index contributed by atoms with van der Waals surface area (Å²) in [6.45, 7) is 2.99. The second-order valence-electron chi connectivity index (χ2n) is 5.71. The second-order valence-corrected chi connectivity index (χ2v) is 5.71. The summed E-state index contributed by atoms with van der Waals surface area (Å²) in [4.78, 5) is 27.3. The summed E-state index contributed by atoms with van der Waals surface area (Å²) < 4.78 is 10.6. The van der Waals surface area contributed by atoms with Gasteiger partial charge in [0.2, 0.25) is 5.91 Å². The number of hydrogen-bond acceptors (Lipinski definition) is 5. The van der Waals surface area contributed by atoms with E-state index in [4.69, 9.17) is 9.47 Å². The number of aromatic nitrogens is 1. The first-order chi connectivity index (χ1) is 13.2. The molecule has 0 saturated carbocycles. The Labute approximate surface area is 159 Å². The van der Waals surface area contributed by atoms with Crippen molar-refractivity contribution in [3.05, 3.63) is 66.0 Å². The van der Waals surface area contributed by atoms with E-state index in [2.05, 4.69) is 10.3 Å². The van der Waals surface area contributed by atoms with E-state index in [1.807, 2.05) is 36.4 Å². The lowest BCUT2D eigenvalue weighted by molar-refractivity contribution is -0.143. The molecule has 0 aliphatic carbocycles. The molecular formula is C21H24N2O4. The van der Waals surface area contributed by atoms with Crippen LogP contribution in [-0.2, 0) is 20.9 Å². The van der Waals surface area contributed by atoms with Gasteiger partial charge in [0, 0.05) is 37.0 Å². The minimum absolute atomic E-state index is 0.198. The standard InChI is InChI=1S/C21H24N2O4/c1-2-26-21(25)10-6-14-27-19-9-4-3-8-18(19)11-12-20(24)23-16-17-7-5-13-22-15-17/h3-5,7-9,11-13,15H,2,6,10,14,16H2,1H3,(H,23,24)/b12-11+. The lowest BCUT2D eigenvalue weighted by Crippen LogP contribution is -2.20. The topological polar surface area (TPSA) is 77.5 Å². The Kier molecular flexibility index (Phi) is 8.56. The van der Waals surface area contributed by atoms with Crippen LogP contribution in [0.1, 0.15) is 30.9 Å². The van der Waals surface area contributed by atoms with Crippen LogP contribution in [0, 0.1) is 0 Å². The number of nitrogens with zero attached hydrogens (tertiary/aromatic N) is 1. The van der Waals surface area contributed by atoms with Gasteiger partial charge in [-0.25, -0.2) is 0 Å². The van der Waals surface area contributed by atoms with Crippen molar-refractivity contribution in [2.24, 2.45) is 0 Å². The van der Waals surface area contributed by atoms with Gasteiger partial charge in [-0.15, -0.1) is 0 Å². The number of carbonyl (C=O) groups is 2. The number of amides is 1. The van der Waals surface area contributed by atoms with Crippen molar-refractivity contribution in [1.29, 1.82) is 0 Å². The van der Waals surface area contributed by atoms with Crippen molar-refractivity contribution < 1.29 is 19.1 Å². The van der Waals surface area contributed by atoms with E-state index >= 15 is 0 Å². The maximum atomic E-state index is 12.0. The van der Waals surface area contributed by atoms with Crippen molar-refractivity contribution in [3.63, 3.8) is 0 Å². The average Bonchev–Trinajstić information content (AvgIpc) is 2.70. The number of rotatable bonds is 10. The number of benzene rings is 1. The van der Waals surface area contributed by atoms with Crippen molar-refractivity contribution in [2.45, 2.75) is 26.3 Å². The predicted octanol–water partition coefficient (Wildman–Crippen LogP) is 3.13. The first-order valence-electron chi connectivity index (χ1n) is 8.91. The van der Waals surface area contributed by atoms with Gasteiger partial charge < -0.3 is 14.8 Å². The van der Waals surface area contributed by atoms with Gasteiger partial charge in [-0.2, -0.15) is 0 Å². The van der Waals surface area contributed by atoms with Gasteiger partial charge in [0.1, 0.15) is 5.75 Å². The zero-order valence-electron chi connectivity index (χ0n) is 15.4. The van der Waals surface area contributed by atoms with Crippen LogP contribution in [0.5, 0.6) is 5.75 Å². The summed E-state index contributed by atoms with van der Waals surface area (Å²) >= 11 is 0. The van der Waals surface area contributed by atoms with Gasteiger partial charge in [-0.05, 0) is 37.1 Å². The van der Waals surface area contributed by atoms with Gasteiger partial charge in [-0.3, -0.25) is 14.6 Å². The molecule has 27 heavy (non-hydrogen) atoms.